The molecule has 0 saturated carbocycles. The van der Waals surface area contributed by atoms with Crippen molar-refractivity contribution in [2.24, 2.45) is 5.73 Å². The lowest BCUT2D eigenvalue weighted by Gasteiger charge is -2.40. The summed E-state index contributed by atoms with van der Waals surface area (Å²) in [4.78, 5) is 3.03. The van der Waals surface area contributed by atoms with Crippen LogP contribution in [-0.2, 0) is 0 Å². The predicted octanol–water partition coefficient (Wildman–Crippen LogP) is 3.46. The van der Waals surface area contributed by atoms with Crippen LogP contribution in [0.3, 0.4) is 0 Å². The molecule has 2 bridgehead atoms. The topological polar surface area (TPSA) is 29.3 Å². The smallest absolute Gasteiger partial charge is 0.288 e. The first kappa shape index (κ1) is 13.2. The first-order chi connectivity index (χ1) is 9.15. The highest BCUT2D eigenvalue weighted by Crippen LogP contribution is 2.43. The molecule has 2 fully saturated rings. The van der Waals surface area contributed by atoms with Gasteiger partial charge in [-0.25, -0.2) is 0 Å². The number of rotatable bonds is 3. The number of para-hydroxylation sites is 1. The molecular formula is C14H18F2N2S. The molecule has 0 spiro atoms. The first-order valence-corrected chi connectivity index (χ1v) is 7.61. The third-order valence-corrected chi connectivity index (χ3v) is 4.91. The van der Waals surface area contributed by atoms with Crippen molar-refractivity contribution in [2.45, 2.75) is 54.5 Å². The molecule has 104 valence electrons. The molecule has 3 rings (SSSR count). The summed E-state index contributed by atoms with van der Waals surface area (Å²) in [6.45, 7) is 0. The van der Waals surface area contributed by atoms with E-state index in [0.29, 0.717) is 28.7 Å². The summed E-state index contributed by atoms with van der Waals surface area (Å²) in [6.07, 6.45) is 4.21. The maximum absolute atomic E-state index is 12.7. The van der Waals surface area contributed by atoms with Crippen LogP contribution in [0.25, 0.3) is 0 Å². The van der Waals surface area contributed by atoms with Gasteiger partial charge >= 0.3 is 0 Å². The first-order valence-electron chi connectivity index (χ1n) is 6.73. The van der Waals surface area contributed by atoms with Gasteiger partial charge in [-0.2, -0.15) is 8.78 Å². The van der Waals surface area contributed by atoms with Crippen LogP contribution in [-0.4, -0.2) is 23.9 Å². The normalized spacial score (nSPS) is 30.1. The maximum atomic E-state index is 12.7. The van der Waals surface area contributed by atoms with Crippen molar-refractivity contribution in [2.75, 3.05) is 4.90 Å². The van der Waals surface area contributed by atoms with Crippen LogP contribution in [0.1, 0.15) is 25.7 Å². The predicted molar refractivity (Wildman–Crippen MR) is 74.8 cm³/mol. The van der Waals surface area contributed by atoms with Gasteiger partial charge < -0.3 is 10.6 Å². The number of hydrogen-bond donors (Lipinski definition) is 1. The number of hydrogen-bond acceptors (Lipinski definition) is 3. The second kappa shape index (κ2) is 5.29. The van der Waals surface area contributed by atoms with Crippen molar-refractivity contribution in [3.05, 3.63) is 24.3 Å². The Labute approximate surface area is 116 Å². The van der Waals surface area contributed by atoms with Crippen molar-refractivity contribution in [1.29, 1.82) is 0 Å². The minimum Gasteiger partial charge on any atom is -0.365 e. The fourth-order valence-electron chi connectivity index (χ4n) is 3.48. The molecule has 1 aromatic rings. The number of nitrogens with zero attached hydrogens (tertiary/aromatic N) is 1. The van der Waals surface area contributed by atoms with E-state index in [1.54, 1.807) is 6.07 Å². The zero-order valence-electron chi connectivity index (χ0n) is 10.6. The number of fused-ring (bicyclic) bond motifs is 2. The molecule has 2 saturated heterocycles. The minimum absolute atomic E-state index is 0.267. The molecule has 5 heteroatoms. The lowest BCUT2D eigenvalue weighted by molar-refractivity contribution is 0.252. The molecule has 0 amide bonds. The van der Waals surface area contributed by atoms with Gasteiger partial charge in [0.05, 0.1) is 5.69 Å². The van der Waals surface area contributed by atoms with Crippen molar-refractivity contribution < 1.29 is 8.78 Å². The van der Waals surface area contributed by atoms with Gasteiger partial charge in [-0.15, -0.1) is 0 Å². The number of piperidine rings is 1. The Morgan fingerprint density at radius 3 is 2.42 bits per heavy atom. The molecule has 2 heterocycles. The van der Waals surface area contributed by atoms with Gasteiger partial charge in [0.15, 0.2) is 0 Å². The van der Waals surface area contributed by atoms with E-state index in [0.717, 1.165) is 31.4 Å². The highest BCUT2D eigenvalue weighted by Gasteiger charge is 2.40. The molecule has 19 heavy (non-hydrogen) atoms. The summed E-state index contributed by atoms with van der Waals surface area (Å²) in [5, 5.41) is 0. The lowest BCUT2D eigenvalue weighted by atomic mass is 9.97. The standard InChI is InChI=1S/C14H18F2N2S/c15-14(16)19-13-4-2-1-3-12(13)18-10-5-6-11(18)8-9(17)7-10/h1-4,9-11,14H,5-8,17H2. The van der Waals surface area contributed by atoms with Gasteiger partial charge in [0.25, 0.3) is 5.76 Å². The van der Waals surface area contributed by atoms with Crippen LogP contribution in [0.15, 0.2) is 29.2 Å². The van der Waals surface area contributed by atoms with Gasteiger partial charge in [0, 0.05) is 23.0 Å². The van der Waals surface area contributed by atoms with Crippen LogP contribution < -0.4 is 10.6 Å². The van der Waals surface area contributed by atoms with Gasteiger partial charge in [0.2, 0.25) is 0 Å². The fraction of sp³-hybridized carbons (Fsp3) is 0.571. The summed E-state index contributed by atoms with van der Waals surface area (Å²) in [7, 11) is 0. The van der Waals surface area contributed by atoms with Crippen molar-refractivity contribution >= 4 is 17.4 Å². The zero-order valence-corrected chi connectivity index (χ0v) is 11.5. The molecule has 1 aromatic carbocycles. The third-order valence-electron chi connectivity index (χ3n) is 4.13. The van der Waals surface area contributed by atoms with Crippen LogP contribution in [0.5, 0.6) is 0 Å². The van der Waals surface area contributed by atoms with Crippen LogP contribution in [0, 0.1) is 0 Å². The summed E-state index contributed by atoms with van der Waals surface area (Å²) in [6, 6.07) is 8.63. The van der Waals surface area contributed by atoms with E-state index < -0.39 is 5.76 Å². The number of anilines is 1. The molecule has 0 radical (unpaired) electrons. The van der Waals surface area contributed by atoms with Crippen LogP contribution in [0.2, 0.25) is 0 Å². The van der Waals surface area contributed by atoms with Crippen molar-refractivity contribution in [1.82, 2.24) is 0 Å². The minimum atomic E-state index is -2.37. The molecule has 2 atom stereocenters. The Kier molecular flexibility index (Phi) is 3.67. The van der Waals surface area contributed by atoms with Gasteiger partial charge in [-0.05, 0) is 37.8 Å². The average molecular weight is 284 g/mol. The summed E-state index contributed by atoms with van der Waals surface area (Å²) >= 11 is 0.645. The molecule has 0 aliphatic carbocycles. The summed E-state index contributed by atoms with van der Waals surface area (Å²) in [5.41, 5.74) is 7.03. The maximum Gasteiger partial charge on any atom is 0.288 e. The van der Waals surface area contributed by atoms with Crippen LogP contribution in [0.4, 0.5) is 14.5 Å². The van der Waals surface area contributed by atoms with E-state index in [1.165, 1.54) is 0 Å². The SMILES string of the molecule is NC1CC2CCC(C1)N2c1ccccc1SC(F)F. The van der Waals surface area contributed by atoms with Gasteiger partial charge in [-0.3, -0.25) is 0 Å². The number of alkyl halides is 2. The van der Waals surface area contributed by atoms with Crippen molar-refractivity contribution in [3.63, 3.8) is 0 Å². The molecule has 0 aromatic heterocycles. The number of benzene rings is 1. The summed E-state index contributed by atoms with van der Waals surface area (Å²) < 4.78 is 25.3. The van der Waals surface area contributed by atoms with E-state index in [-0.39, 0.29) is 6.04 Å². The van der Waals surface area contributed by atoms with Gasteiger partial charge in [0.1, 0.15) is 0 Å². The average Bonchev–Trinajstić information content (AvgIpc) is 2.62. The Morgan fingerprint density at radius 2 is 1.79 bits per heavy atom. The Morgan fingerprint density at radius 1 is 1.16 bits per heavy atom. The van der Waals surface area contributed by atoms with E-state index in [4.69, 9.17) is 5.73 Å². The number of thioether (sulfide) groups is 1. The van der Waals surface area contributed by atoms with Gasteiger partial charge in [-0.1, -0.05) is 23.9 Å². The highest BCUT2D eigenvalue weighted by molar-refractivity contribution is 7.99. The van der Waals surface area contributed by atoms with E-state index in [2.05, 4.69) is 4.90 Å². The summed E-state index contributed by atoms with van der Waals surface area (Å²) in [5.74, 6) is -2.37. The monoisotopic (exact) mass is 284 g/mol. The largest absolute Gasteiger partial charge is 0.365 e. The Balaban J connectivity index is 1.90. The Hall–Kier alpha value is -0.810. The van der Waals surface area contributed by atoms with Crippen LogP contribution >= 0.6 is 11.8 Å². The lowest BCUT2D eigenvalue weighted by Crippen LogP contribution is -2.47. The molecule has 2 aliphatic heterocycles. The zero-order chi connectivity index (χ0) is 13.4. The van der Waals surface area contributed by atoms with E-state index >= 15 is 0 Å². The second-order valence-electron chi connectivity index (χ2n) is 5.37. The van der Waals surface area contributed by atoms with Crippen molar-refractivity contribution in [3.8, 4) is 0 Å². The Bertz CT molecular complexity index is 441. The van der Waals surface area contributed by atoms with E-state index in [1.807, 2.05) is 18.2 Å². The molecule has 2 nitrogen and oxygen atoms in total. The van der Waals surface area contributed by atoms with E-state index in [9.17, 15) is 8.78 Å². The number of nitrogens with two attached hydrogens (primary N) is 1. The number of halogens is 2. The molecular weight excluding hydrogens is 266 g/mol. The molecule has 2 N–H and O–H groups in total. The molecule has 2 unspecified atom stereocenters. The second-order valence-corrected chi connectivity index (χ2v) is 6.40. The quantitative estimate of drug-likeness (QED) is 0.862. The fourth-order valence-corrected chi connectivity index (χ4v) is 4.12. The third kappa shape index (κ3) is 2.58. The highest BCUT2D eigenvalue weighted by atomic mass is 32.2. The molecule has 2 aliphatic rings.